The Bertz CT molecular complexity index is 886. The molecule has 0 atom stereocenters. The molecule has 0 unspecified atom stereocenters. The molecule has 0 fully saturated rings. The first-order chi connectivity index (χ1) is 12.6. The molecule has 2 aromatic rings. The van der Waals surface area contributed by atoms with Crippen LogP contribution in [0.15, 0.2) is 72.8 Å². The molecule has 0 spiro atoms. The van der Waals surface area contributed by atoms with Crippen molar-refractivity contribution in [3.63, 3.8) is 0 Å². The Morgan fingerprint density at radius 1 is 0.630 bits per heavy atom. The fourth-order valence-corrected chi connectivity index (χ4v) is 3.52. The summed E-state index contributed by atoms with van der Waals surface area (Å²) in [5.41, 5.74) is 9.45. The van der Waals surface area contributed by atoms with Crippen molar-refractivity contribution in [2.75, 3.05) is 0 Å². The van der Waals surface area contributed by atoms with Crippen LogP contribution in [-0.4, -0.2) is 0 Å². The summed E-state index contributed by atoms with van der Waals surface area (Å²) in [7, 11) is 0. The Morgan fingerprint density at radius 3 is 1.48 bits per heavy atom. The molecular formula is C27H32. The van der Waals surface area contributed by atoms with Crippen LogP contribution in [0.5, 0.6) is 0 Å². The van der Waals surface area contributed by atoms with E-state index >= 15 is 0 Å². The summed E-state index contributed by atoms with van der Waals surface area (Å²) in [6.45, 7) is 17.9. The Labute approximate surface area is 165 Å². The molecule has 0 aromatic heterocycles. The standard InChI is InChI=1S/C27H32/c1-19-18-22(20-8-13-23(14-9-20)26(2,3)4)12-17-25(19)21-10-15-24(16-11-21)27(5,6)7/h8-17H,1,18H2,2-7H3. The lowest BCUT2D eigenvalue weighted by atomic mass is 9.82. The van der Waals surface area contributed by atoms with E-state index in [-0.39, 0.29) is 10.8 Å². The van der Waals surface area contributed by atoms with Crippen LogP contribution in [0.1, 0.15) is 70.2 Å². The van der Waals surface area contributed by atoms with E-state index in [0.717, 1.165) is 6.42 Å². The minimum atomic E-state index is 0.183. The minimum absolute atomic E-state index is 0.183. The van der Waals surface area contributed by atoms with Crippen molar-refractivity contribution in [1.29, 1.82) is 0 Å². The second kappa shape index (κ2) is 7.00. The highest BCUT2D eigenvalue weighted by Crippen LogP contribution is 2.36. The summed E-state index contributed by atoms with van der Waals surface area (Å²) in [5.74, 6) is 0. The summed E-state index contributed by atoms with van der Waals surface area (Å²) < 4.78 is 0. The molecule has 0 heterocycles. The zero-order valence-corrected chi connectivity index (χ0v) is 17.7. The summed E-state index contributed by atoms with van der Waals surface area (Å²) in [4.78, 5) is 0. The number of hydrogen-bond donors (Lipinski definition) is 0. The first-order valence-corrected chi connectivity index (χ1v) is 9.86. The Hall–Kier alpha value is -2.34. The molecule has 0 saturated heterocycles. The van der Waals surface area contributed by atoms with Crippen molar-refractivity contribution < 1.29 is 0 Å². The van der Waals surface area contributed by atoms with Crippen LogP contribution in [0.3, 0.4) is 0 Å². The minimum Gasteiger partial charge on any atom is -0.0949 e. The topological polar surface area (TPSA) is 0 Å². The molecule has 140 valence electrons. The quantitative estimate of drug-likeness (QED) is 0.517. The van der Waals surface area contributed by atoms with Gasteiger partial charge in [0.25, 0.3) is 0 Å². The molecule has 0 N–H and O–H groups in total. The third-order valence-corrected chi connectivity index (χ3v) is 5.42. The van der Waals surface area contributed by atoms with Crippen molar-refractivity contribution in [2.45, 2.75) is 58.8 Å². The van der Waals surface area contributed by atoms with Gasteiger partial charge >= 0.3 is 0 Å². The van der Waals surface area contributed by atoms with Gasteiger partial charge in [-0.3, -0.25) is 0 Å². The van der Waals surface area contributed by atoms with E-state index in [1.807, 2.05) is 0 Å². The van der Waals surface area contributed by atoms with Gasteiger partial charge in [-0.15, -0.1) is 0 Å². The van der Waals surface area contributed by atoms with Gasteiger partial charge in [-0.05, 0) is 56.2 Å². The molecule has 0 radical (unpaired) electrons. The highest BCUT2D eigenvalue weighted by molar-refractivity contribution is 5.88. The first-order valence-electron chi connectivity index (χ1n) is 9.86. The fraction of sp³-hybridized carbons (Fsp3) is 0.333. The number of hydrogen-bond acceptors (Lipinski definition) is 0. The maximum Gasteiger partial charge on any atom is -0.00196 e. The third kappa shape index (κ3) is 4.33. The van der Waals surface area contributed by atoms with Gasteiger partial charge in [0.1, 0.15) is 0 Å². The predicted octanol–water partition coefficient (Wildman–Crippen LogP) is 7.71. The van der Waals surface area contributed by atoms with Crippen molar-refractivity contribution in [2.24, 2.45) is 0 Å². The molecule has 3 rings (SSSR count). The smallest absolute Gasteiger partial charge is 0.00196 e. The van der Waals surface area contributed by atoms with Gasteiger partial charge in [0, 0.05) is 0 Å². The third-order valence-electron chi connectivity index (χ3n) is 5.42. The van der Waals surface area contributed by atoms with Gasteiger partial charge < -0.3 is 0 Å². The average molecular weight is 357 g/mol. The SMILES string of the molecule is C=C1CC(c2ccc(C(C)(C)C)cc2)=CC=C1c1ccc(C(C)(C)C)cc1. The fourth-order valence-electron chi connectivity index (χ4n) is 3.52. The Kier molecular flexibility index (Phi) is 5.04. The summed E-state index contributed by atoms with van der Waals surface area (Å²) in [6, 6.07) is 17.9. The van der Waals surface area contributed by atoms with Crippen molar-refractivity contribution in [1.82, 2.24) is 0 Å². The van der Waals surface area contributed by atoms with Gasteiger partial charge in [0.05, 0.1) is 0 Å². The zero-order chi connectivity index (χ0) is 19.8. The maximum atomic E-state index is 4.37. The molecule has 0 nitrogen and oxygen atoms in total. The zero-order valence-electron chi connectivity index (χ0n) is 17.7. The van der Waals surface area contributed by atoms with Crippen molar-refractivity contribution in [3.8, 4) is 0 Å². The van der Waals surface area contributed by atoms with Crippen LogP contribution in [0, 0.1) is 0 Å². The molecule has 0 aliphatic heterocycles. The number of rotatable bonds is 2. The summed E-state index contributed by atoms with van der Waals surface area (Å²) in [6.07, 6.45) is 5.39. The van der Waals surface area contributed by atoms with E-state index in [0.29, 0.717) is 0 Å². The van der Waals surface area contributed by atoms with Crippen LogP contribution in [0.4, 0.5) is 0 Å². The monoisotopic (exact) mass is 356 g/mol. The molecule has 1 aliphatic carbocycles. The normalized spacial score (nSPS) is 15.4. The largest absolute Gasteiger partial charge is 0.0949 e. The molecule has 2 aromatic carbocycles. The maximum absolute atomic E-state index is 4.37. The van der Waals surface area contributed by atoms with Crippen LogP contribution < -0.4 is 0 Å². The molecule has 0 amide bonds. The van der Waals surface area contributed by atoms with Gasteiger partial charge in [-0.1, -0.05) is 109 Å². The number of allylic oxidation sites excluding steroid dienone is 5. The molecule has 0 bridgehead atoms. The lowest BCUT2D eigenvalue weighted by Crippen LogP contribution is -2.11. The second-order valence-electron chi connectivity index (χ2n) is 9.71. The highest BCUT2D eigenvalue weighted by atomic mass is 14.2. The molecule has 0 heteroatoms. The van der Waals surface area contributed by atoms with Gasteiger partial charge in [-0.2, -0.15) is 0 Å². The van der Waals surface area contributed by atoms with E-state index in [1.54, 1.807) is 0 Å². The predicted molar refractivity (Wildman–Crippen MR) is 120 cm³/mol. The van der Waals surface area contributed by atoms with Gasteiger partial charge in [0.15, 0.2) is 0 Å². The highest BCUT2D eigenvalue weighted by Gasteiger charge is 2.17. The average Bonchev–Trinajstić information content (AvgIpc) is 2.60. The van der Waals surface area contributed by atoms with Crippen molar-refractivity contribution in [3.05, 3.63) is 95.1 Å². The van der Waals surface area contributed by atoms with Gasteiger partial charge in [-0.25, -0.2) is 0 Å². The molecular weight excluding hydrogens is 324 g/mol. The number of benzene rings is 2. The van der Waals surface area contributed by atoms with Crippen LogP contribution in [0.25, 0.3) is 11.1 Å². The Balaban J connectivity index is 1.86. The van der Waals surface area contributed by atoms with E-state index in [9.17, 15) is 0 Å². The summed E-state index contributed by atoms with van der Waals surface area (Å²) >= 11 is 0. The molecule has 0 saturated carbocycles. The van der Waals surface area contributed by atoms with E-state index < -0.39 is 0 Å². The summed E-state index contributed by atoms with van der Waals surface area (Å²) in [5, 5.41) is 0. The first kappa shape index (κ1) is 19.4. The van der Waals surface area contributed by atoms with E-state index in [2.05, 4.69) is 109 Å². The van der Waals surface area contributed by atoms with Crippen molar-refractivity contribution >= 4 is 11.1 Å². The van der Waals surface area contributed by atoms with E-state index in [1.165, 1.54) is 39.0 Å². The van der Waals surface area contributed by atoms with Crippen LogP contribution >= 0.6 is 0 Å². The Morgan fingerprint density at radius 2 is 1.07 bits per heavy atom. The molecule has 27 heavy (non-hydrogen) atoms. The van der Waals surface area contributed by atoms with Crippen LogP contribution in [-0.2, 0) is 10.8 Å². The lowest BCUT2D eigenvalue weighted by molar-refractivity contribution is 0.590. The second-order valence-corrected chi connectivity index (χ2v) is 9.71. The molecule has 1 aliphatic rings. The van der Waals surface area contributed by atoms with E-state index in [4.69, 9.17) is 0 Å². The lowest BCUT2D eigenvalue weighted by Gasteiger charge is -2.22. The van der Waals surface area contributed by atoms with Gasteiger partial charge in [0.2, 0.25) is 0 Å². The van der Waals surface area contributed by atoms with Crippen LogP contribution in [0.2, 0.25) is 0 Å².